The molecule has 0 bridgehead atoms. The van der Waals surface area contributed by atoms with E-state index in [2.05, 4.69) is 9.62 Å². The maximum absolute atomic E-state index is 11.8. The molecule has 0 heterocycles. The Kier molecular flexibility index (Phi) is 5.11. The third-order valence-corrected chi connectivity index (χ3v) is 2.86. The van der Waals surface area contributed by atoms with Gasteiger partial charge < -0.3 is 9.94 Å². The molecule has 0 unspecified atom stereocenters. The van der Waals surface area contributed by atoms with Crippen LogP contribution in [0.4, 0.5) is 0 Å². The van der Waals surface area contributed by atoms with Crippen LogP contribution in [0.2, 0.25) is 0 Å². The SMILES string of the molecule is COC(=O)/C=C\C=[N+](\[O-])C1(OO)CCCCC1. The molecule has 0 saturated heterocycles. The van der Waals surface area contributed by atoms with E-state index in [1.165, 1.54) is 13.2 Å². The van der Waals surface area contributed by atoms with Gasteiger partial charge in [0.1, 0.15) is 0 Å². The number of hydrogen-bond acceptors (Lipinski definition) is 5. The molecule has 0 aromatic carbocycles. The number of allylic oxidation sites excluding steroid dienone is 1. The summed E-state index contributed by atoms with van der Waals surface area (Å²) in [5, 5.41) is 20.7. The van der Waals surface area contributed by atoms with Crippen molar-refractivity contribution < 1.29 is 24.4 Å². The summed E-state index contributed by atoms with van der Waals surface area (Å²) in [4.78, 5) is 15.1. The molecule has 1 saturated carbocycles. The molecule has 0 aromatic rings. The fraction of sp³-hybridized carbons (Fsp3) is 0.636. The van der Waals surface area contributed by atoms with Crippen LogP contribution in [0.15, 0.2) is 12.2 Å². The predicted octanol–water partition coefficient (Wildman–Crippen LogP) is 1.45. The summed E-state index contributed by atoms with van der Waals surface area (Å²) >= 11 is 0. The van der Waals surface area contributed by atoms with Crippen molar-refractivity contribution >= 4 is 12.2 Å². The topological polar surface area (TPSA) is 81.8 Å². The first-order valence-electron chi connectivity index (χ1n) is 5.53. The summed E-state index contributed by atoms with van der Waals surface area (Å²) in [6.07, 6.45) is 7.16. The van der Waals surface area contributed by atoms with Gasteiger partial charge in [-0.25, -0.2) is 10.1 Å². The zero-order valence-corrected chi connectivity index (χ0v) is 9.80. The highest BCUT2D eigenvalue weighted by molar-refractivity contribution is 5.86. The number of esters is 1. The van der Waals surface area contributed by atoms with Crippen molar-refractivity contribution in [2.45, 2.75) is 37.8 Å². The minimum absolute atomic E-state index is 0.468. The molecule has 0 atom stereocenters. The second-order valence-electron chi connectivity index (χ2n) is 3.96. The molecule has 17 heavy (non-hydrogen) atoms. The monoisotopic (exact) mass is 243 g/mol. The summed E-state index contributed by atoms with van der Waals surface area (Å²) in [7, 11) is 1.25. The molecule has 96 valence electrons. The standard InChI is InChI=1S/C11H17NO5/c1-16-10(13)6-5-9-12(14)11(17-15)7-3-2-4-8-11/h5-6,9,15H,2-4,7-8H2,1H3/b6-5-,12-9+. The molecule has 1 N–H and O–H groups in total. The molecule has 0 amide bonds. The van der Waals surface area contributed by atoms with Crippen LogP contribution >= 0.6 is 0 Å². The second-order valence-corrected chi connectivity index (χ2v) is 3.96. The van der Waals surface area contributed by atoms with Crippen LogP contribution in [-0.4, -0.2) is 35.0 Å². The predicted molar refractivity (Wildman–Crippen MR) is 60.4 cm³/mol. The maximum Gasteiger partial charge on any atom is 0.330 e. The van der Waals surface area contributed by atoms with E-state index in [-0.39, 0.29) is 0 Å². The van der Waals surface area contributed by atoms with Gasteiger partial charge in [0.05, 0.1) is 7.11 Å². The Labute approximate surface area is 99.7 Å². The number of ether oxygens (including phenoxy) is 1. The van der Waals surface area contributed by atoms with Gasteiger partial charge in [0.25, 0.3) is 0 Å². The zero-order valence-electron chi connectivity index (χ0n) is 9.80. The molecule has 0 radical (unpaired) electrons. The Morgan fingerprint density at radius 1 is 1.41 bits per heavy atom. The van der Waals surface area contributed by atoms with Gasteiger partial charge in [-0.1, -0.05) is 6.42 Å². The van der Waals surface area contributed by atoms with Gasteiger partial charge in [-0.05, 0) is 12.8 Å². The lowest BCUT2D eigenvalue weighted by molar-refractivity contribution is -0.657. The van der Waals surface area contributed by atoms with Crippen LogP contribution in [0.25, 0.3) is 0 Å². The van der Waals surface area contributed by atoms with E-state index in [9.17, 15) is 10.0 Å². The second kappa shape index (κ2) is 6.36. The molecule has 1 aliphatic carbocycles. The third-order valence-electron chi connectivity index (χ3n) is 2.86. The molecule has 1 aliphatic rings. The van der Waals surface area contributed by atoms with Crippen molar-refractivity contribution in [3.63, 3.8) is 0 Å². The Balaban J connectivity index is 2.71. The van der Waals surface area contributed by atoms with Crippen molar-refractivity contribution in [3.05, 3.63) is 17.4 Å². The molecule has 1 rings (SSSR count). The minimum atomic E-state index is -1.21. The third kappa shape index (κ3) is 3.54. The minimum Gasteiger partial charge on any atom is -0.622 e. The molecular weight excluding hydrogens is 226 g/mol. The van der Waals surface area contributed by atoms with Crippen LogP contribution in [0.3, 0.4) is 0 Å². The van der Waals surface area contributed by atoms with Gasteiger partial charge in [0.15, 0.2) is 6.21 Å². The van der Waals surface area contributed by atoms with E-state index in [4.69, 9.17) is 5.26 Å². The first kappa shape index (κ1) is 13.7. The van der Waals surface area contributed by atoms with Gasteiger partial charge in [0, 0.05) is 25.0 Å². The Morgan fingerprint density at radius 3 is 2.59 bits per heavy atom. The summed E-state index contributed by atoms with van der Waals surface area (Å²) in [6.45, 7) is 0. The lowest BCUT2D eigenvalue weighted by Gasteiger charge is -2.31. The Morgan fingerprint density at radius 2 is 2.06 bits per heavy atom. The molecule has 0 aliphatic heterocycles. The van der Waals surface area contributed by atoms with Crippen LogP contribution in [0, 0.1) is 5.21 Å². The molecule has 0 aromatic heterocycles. The average molecular weight is 243 g/mol. The fourth-order valence-corrected chi connectivity index (χ4v) is 1.86. The van der Waals surface area contributed by atoms with Gasteiger partial charge in [-0.15, -0.1) is 0 Å². The normalized spacial score (nSPS) is 20.5. The number of methoxy groups -OCH3 is 1. The summed E-state index contributed by atoms with van der Waals surface area (Å²) in [5.41, 5.74) is -1.21. The van der Waals surface area contributed by atoms with Gasteiger partial charge in [-0.3, -0.25) is 0 Å². The van der Waals surface area contributed by atoms with Crippen molar-refractivity contribution in [3.8, 4) is 0 Å². The first-order valence-corrected chi connectivity index (χ1v) is 5.53. The van der Waals surface area contributed by atoms with Crippen molar-refractivity contribution in [2.24, 2.45) is 0 Å². The number of carbonyl (C=O) groups excluding carboxylic acids is 1. The first-order chi connectivity index (χ1) is 8.14. The number of nitrogens with zero attached hydrogens (tertiary/aromatic N) is 1. The van der Waals surface area contributed by atoms with Crippen LogP contribution in [-0.2, 0) is 14.4 Å². The highest BCUT2D eigenvalue weighted by atomic mass is 17.1. The largest absolute Gasteiger partial charge is 0.622 e. The van der Waals surface area contributed by atoms with E-state index in [1.807, 2.05) is 0 Å². The van der Waals surface area contributed by atoms with E-state index in [0.717, 1.165) is 31.6 Å². The average Bonchev–Trinajstić information content (AvgIpc) is 2.39. The van der Waals surface area contributed by atoms with Gasteiger partial charge in [0.2, 0.25) is 0 Å². The van der Waals surface area contributed by atoms with E-state index >= 15 is 0 Å². The summed E-state index contributed by atoms with van der Waals surface area (Å²) < 4.78 is 4.93. The highest BCUT2D eigenvalue weighted by Crippen LogP contribution is 2.31. The Hall–Kier alpha value is -1.40. The quantitative estimate of drug-likeness (QED) is 0.118. The maximum atomic E-state index is 11.8. The van der Waals surface area contributed by atoms with Gasteiger partial charge in [-0.2, -0.15) is 9.63 Å². The van der Waals surface area contributed by atoms with Crippen LogP contribution in [0.1, 0.15) is 32.1 Å². The molecule has 6 heteroatoms. The Bertz CT molecular complexity index is 318. The number of hydroxylamine groups is 1. The zero-order chi connectivity index (χ0) is 12.7. The van der Waals surface area contributed by atoms with E-state index < -0.39 is 11.7 Å². The van der Waals surface area contributed by atoms with Gasteiger partial charge >= 0.3 is 11.7 Å². The van der Waals surface area contributed by atoms with Crippen LogP contribution < -0.4 is 0 Å². The van der Waals surface area contributed by atoms with Crippen LogP contribution in [0.5, 0.6) is 0 Å². The van der Waals surface area contributed by atoms with E-state index in [0.29, 0.717) is 17.6 Å². The smallest absolute Gasteiger partial charge is 0.330 e. The number of carbonyl (C=O) groups is 1. The molecule has 6 nitrogen and oxygen atoms in total. The molecular formula is C11H17NO5. The summed E-state index contributed by atoms with van der Waals surface area (Å²) in [5.74, 6) is -0.544. The number of rotatable bonds is 4. The lowest BCUT2D eigenvalue weighted by Crippen LogP contribution is -2.43. The fourth-order valence-electron chi connectivity index (χ4n) is 1.86. The number of hydrogen-bond donors (Lipinski definition) is 1. The summed E-state index contributed by atoms with van der Waals surface area (Å²) in [6, 6.07) is 0. The molecule has 0 spiro atoms. The van der Waals surface area contributed by atoms with Crippen molar-refractivity contribution in [1.82, 2.24) is 0 Å². The van der Waals surface area contributed by atoms with Crippen molar-refractivity contribution in [1.29, 1.82) is 0 Å². The van der Waals surface area contributed by atoms with E-state index in [1.54, 1.807) is 0 Å². The highest BCUT2D eigenvalue weighted by Gasteiger charge is 2.41. The lowest BCUT2D eigenvalue weighted by atomic mass is 9.92. The molecule has 1 fully saturated rings. The van der Waals surface area contributed by atoms with Crippen molar-refractivity contribution in [2.75, 3.05) is 7.11 Å².